The molecule has 2 aromatic rings. The standard InChI is InChI=1S/C14H17ClN4S2/c1-10-8-11(15)2-3-12(10)19-13(16-17-14(19)20)9-18-4-6-21-7-5-18/h2-3,8H,4-7,9H2,1H3,(H,17,20). The first-order valence-electron chi connectivity index (χ1n) is 6.88. The molecule has 0 saturated carbocycles. The van der Waals surface area contributed by atoms with E-state index in [1.54, 1.807) is 0 Å². The zero-order chi connectivity index (χ0) is 14.8. The van der Waals surface area contributed by atoms with E-state index < -0.39 is 0 Å². The van der Waals surface area contributed by atoms with Crippen LogP contribution in [-0.2, 0) is 6.54 Å². The van der Waals surface area contributed by atoms with E-state index in [0.29, 0.717) is 4.77 Å². The largest absolute Gasteiger partial charge is 0.294 e. The van der Waals surface area contributed by atoms with Crippen LogP contribution in [0.5, 0.6) is 0 Å². The summed E-state index contributed by atoms with van der Waals surface area (Å²) in [7, 11) is 0. The summed E-state index contributed by atoms with van der Waals surface area (Å²) in [6.07, 6.45) is 0. The summed E-state index contributed by atoms with van der Waals surface area (Å²) in [6, 6.07) is 5.84. The smallest absolute Gasteiger partial charge is 0.199 e. The van der Waals surface area contributed by atoms with Crippen LogP contribution in [0.1, 0.15) is 11.4 Å². The van der Waals surface area contributed by atoms with Gasteiger partial charge in [0.2, 0.25) is 0 Å². The van der Waals surface area contributed by atoms with Gasteiger partial charge in [0, 0.05) is 29.6 Å². The highest BCUT2D eigenvalue weighted by molar-refractivity contribution is 7.99. The Kier molecular flexibility index (Phi) is 4.69. The zero-order valence-electron chi connectivity index (χ0n) is 11.8. The van der Waals surface area contributed by atoms with Crippen molar-refractivity contribution >= 4 is 35.6 Å². The molecule has 1 aromatic heterocycles. The van der Waals surface area contributed by atoms with E-state index in [2.05, 4.69) is 15.1 Å². The maximum Gasteiger partial charge on any atom is 0.199 e. The Morgan fingerprint density at radius 3 is 2.86 bits per heavy atom. The summed E-state index contributed by atoms with van der Waals surface area (Å²) >= 11 is 13.5. The Morgan fingerprint density at radius 2 is 2.14 bits per heavy atom. The SMILES string of the molecule is Cc1cc(Cl)ccc1-n1c(CN2CCSCC2)n[nH]c1=S. The van der Waals surface area contributed by atoms with Crippen LogP contribution in [0, 0.1) is 11.7 Å². The first-order chi connectivity index (χ1) is 10.1. The van der Waals surface area contributed by atoms with Gasteiger partial charge < -0.3 is 0 Å². The third-order valence-electron chi connectivity index (χ3n) is 3.61. The molecule has 0 bridgehead atoms. The number of benzene rings is 1. The van der Waals surface area contributed by atoms with Gasteiger partial charge in [0.25, 0.3) is 0 Å². The number of aryl methyl sites for hydroxylation is 1. The van der Waals surface area contributed by atoms with Gasteiger partial charge in [-0.1, -0.05) is 11.6 Å². The molecule has 1 fully saturated rings. The summed E-state index contributed by atoms with van der Waals surface area (Å²) in [5.74, 6) is 3.33. The van der Waals surface area contributed by atoms with Crippen molar-refractivity contribution in [3.63, 3.8) is 0 Å². The van der Waals surface area contributed by atoms with Crippen LogP contribution in [0.25, 0.3) is 5.69 Å². The van der Waals surface area contributed by atoms with Crippen LogP contribution in [0.15, 0.2) is 18.2 Å². The van der Waals surface area contributed by atoms with E-state index in [0.717, 1.165) is 41.7 Å². The molecule has 0 radical (unpaired) electrons. The molecule has 112 valence electrons. The summed E-state index contributed by atoms with van der Waals surface area (Å²) in [4.78, 5) is 2.42. The fourth-order valence-corrected chi connectivity index (χ4v) is 3.97. The lowest BCUT2D eigenvalue weighted by molar-refractivity contribution is 0.285. The molecule has 0 spiro atoms. The van der Waals surface area contributed by atoms with Gasteiger partial charge in [-0.05, 0) is 42.9 Å². The Balaban J connectivity index is 1.94. The molecule has 1 N–H and O–H groups in total. The average Bonchev–Trinajstić information content (AvgIpc) is 2.81. The highest BCUT2D eigenvalue weighted by Gasteiger charge is 2.16. The number of aromatic amines is 1. The van der Waals surface area contributed by atoms with Gasteiger partial charge in [-0.15, -0.1) is 0 Å². The van der Waals surface area contributed by atoms with Crippen molar-refractivity contribution in [1.82, 2.24) is 19.7 Å². The van der Waals surface area contributed by atoms with Gasteiger partial charge in [-0.2, -0.15) is 16.9 Å². The van der Waals surface area contributed by atoms with Crippen molar-refractivity contribution in [3.05, 3.63) is 39.4 Å². The van der Waals surface area contributed by atoms with Crippen LogP contribution in [0.2, 0.25) is 5.02 Å². The summed E-state index contributed by atoms with van der Waals surface area (Å²) < 4.78 is 2.64. The fourth-order valence-electron chi connectivity index (χ4n) is 2.51. The van der Waals surface area contributed by atoms with Crippen molar-refractivity contribution in [1.29, 1.82) is 0 Å². The van der Waals surface area contributed by atoms with Crippen LogP contribution in [0.3, 0.4) is 0 Å². The van der Waals surface area contributed by atoms with Crippen molar-refractivity contribution in [2.45, 2.75) is 13.5 Å². The molecule has 0 aliphatic carbocycles. The van der Waals surface area contributed by atoms with E-state index in [1.807, 2.05) is 41.5 Å². The predicted octanol–water partition coefficient (Wildman–Crippen LogP) is 3.44. The lowest BCUT2D eigenvalue weighted by atomic mass is 10.2. The van der Waals surface area contributed by atoms with Crippen molar-refractivity contribution < 1.29 is 0 Å². The number of nitrogens with zero attached hydrogens (tertiary/aromatic N) is 3. The lowest BCUT2D eigenvalue weighted by Crippen LogP contribution is -2.33. The molecule has 3 rings (SSSR count). The maximum absolute atomic E-state index is 6.04. The minimum Gasteiger partial charge on any atom is -0.294 e. The quantitative estimate of drug-likeness (QED) is 0.868. The third kappa shape index (κ3) is 3.34. The van der Waals surface area contributed by atoms with Crippen LogP contribution >= 0.6 is 35.6 Å². The molecule has 2 heterocycles. The van der Waals surface area contributed by atoms with E-state index >= 15 is 0 Å². The third-order valence-corrected chi connectivity index (χ3v) is 5.06. The Morgan fingerprint density at radius 1 is 1.38 bits per heavy atom. The van der Waals surface area contributed by atoms with E-state index in [4.69, 9.17) is 23.8 Å². The van der Waals surface area contributed by atoms with Gasteiger partial charge in [-0.3, -0.25) is 14.6 Å². The first kappa shape index (κ1) is 15.1. The van der Waals surface area contributed by atoms with Crippen molar-refractivity contribution in [2.24, 2.45) is 0 Å². The van der Waals surface area contributed by atoms with Crippen molar-refractivity contribution in [2.75, 3.05) is 24.6 Å². The second-order valence-corrected chi connectivity index (χ2v) is 7.15. The van der Waals surface area contributed by atoms with Gasteiger partial charge in [0.1, 0.15) is 5.82 Å². The molecule has 1 aliphatic rings. The summed E-state index contributed by atoms with van der Waals surface area (Å²) in [6.45, 7) is 5.06. The molecule has 7 heteroatoms. The average molecular weight is 341 g/mol. The number of halogens is 1. The van der Waals surface area contributed by atoms with Crippen molar-refractivity contribution in [3.8, 4) is 5.69 Å². The molecule has 0 atom stereocenters. The molecule has 0 unspecified atom stereocenters. The minimum absolute atomic E-state index is 0.627. The normalized spacial score (nSPS) is 16.3. The molecular weight excluding hydrogens is 324 g/mol. The van der Waals surface area contributed by atoms with Gasteiger partial charge in [-0.25, -0.2) is 0 Å². The monoisotopic (exact) mass is 340 g/mol. The number of hydrogen-bond acceptors (Lipinski definition) is 4. The second-order valence-electron chi connectivity index (χ2n) is 5.10. The van der Waals surface area contributed by atoms with Crippen LogP contribution in [0.4, 0.5) is 0 Å². The van der Waals surface area contributed by atoms with Gasteiger partial charge in [0.15, 0.2) is 4.77 Å². The highest BCUT2D eigenvalue weighted by Crippen LogP contribution is 2.21. The molecule has 0 amide bonds. The Bertz CT molecular complexity index is 689. The Hall–Kier alpha value is -0.820. The molecule has 1 saturated heterocycles. The lowest BCUT2D eigenvalue weighted by Gasteiger charge is -2.25. The van der Waals surface area contributed by atoms with E-state index in [9.17, 15) is 0 Å². The molecule has 1 aliphatic heterocycles. The van der Waals surface area contributed by atoms with Gasteiger partial charge in [0.05, 0.1) is 12.2 Å². The highest BCUT2D eigenvalue weighted by atomic mass is 35.5. The molecule has 21 heavy (non-hydrogen) atoms. The first-order valence-corrected chi connectivity index (χ1v) is 8.82. The number of hydrogen-bond donors (Lipinski definition) is 1. The second kappa shape index (κ2) is 6.52. The molecular formula is C14H17ClN4S2. The summed E-state index contributed by atoms with van der Waals surface area (Å²) in [5.41, 5.74) is 2.13. The fraction of sp³-hybridized carbons (Fsp3) is 0.429. The minimum atomic E-state index is 0.627. The van der Waals surface area contributed by atoms with Crippen LogP contribution < -0.4 is 0 Å². The number of thioether (sulfide) groups is 1. The predicted molar refractivity (Wildman–Crippen MR) is 91.1 cm³/mol. The molecule has 1 aromatic carbocycles. The number of rotatable bonds is 3. The van der Waals surface area contributed by atoms with Crippen LogP contribution in [-0.4, -0.2) is 44.3 Å². The number of H-pyrrole nitrogens is 1. The molecule has 4 nitrogen and oxygen atoms in total. The van der Waals surface area contributed by atoms with Gasteiger partial charge >= 0.3 is 0 Å². The van der Waals surface area contributed by atoms with E-state index in [-0.39, 0.29) is 0 Å². The maximum atomic E-state index is 6.04. The number of aromatic nitrogens is 3. The number of nitrogens with one attached hydrogen (secondary N) is 1. The topological polar surface area (TPSA) is 36.9 Å². The Labute approximate surface area is 138 Å². The zero-order valence-corrected chi connectivity index (χ0v) is 14.2. The summed E-state index contributed by atoms with van der Waals surface area (Å²) in [5, 5.41) is 8.07. The van der Waals surface area contributed by atoms with E-state index in [1.165, 1.54) is 11.5 Å².